The Morgan fingerprint density at radius 3 is 2.76 bits per heavy atom. The number of nitriles is 1. The molecule has 0 spiro atoms. The minimum Gasteiger partial charge on any atom is -0.267 e. The molecule has 0 atom stereocenters. The third kappa shape index (κ3) is 3.65. The summed E-state index contributed by atoms with van der Waals surface area (Å²) in [5, 5.41) is 12.8. The van der Waals surface area contributed by atoms with Crippen LogP contribution in [0.4, 0.5) is 4.39 Å². The summed E-state index contributed by atoms with van der Waals surface area (Å²) in [5.74, 6) is -1.49. The third-order valence-corrected chi connectivity index (χ3v) is 2.96. The molecule has 0 unspecified atom stereocenters. The van der Waals surface area contributed by atoms with Crippen molar-refractivity contribution in [2.45, 2.75) is 0 Å². The second-order valence-electron chi connectivity index (χ2n) is 4.03. The van der Waals surface area contributed by atoms with E-state index in [1.54, 1.807) is 30.3 Å². The Bertz CT molecular complexity index is 753. The molecule has 0 saturated heterocycles. The number of carbonyl (C=O) groups is 1. The molecule has 104 valence electrons. The van der Waals surface area contributed by atoms with Gasteiger partial charge < -0.3 is 0 Å². The predicted octanol–water partition coefficient (Wildman–Crippen LogP) is 3.11. The Balaban J connectivity index is 2.09. The average Bonchev–Trinajstić information content (AvgIpc) is 2.48. The summed E-state index contributed by atoms with van der Waals surface area (Å²) >= 11 is 5.92. The Kier molecular flexibility index (Phi) is 4.64. The highest BCUT2D eigenvalue weighted by Gasteiger charge is 2.11. The van der Waals surface area contributed by atoms with Crippen LogP contribution < -0.4 is 5.43 Å². The summed E-state index contributed by atoms with van der Waals surface area (Å²) in [5.41, 5.74) is 2.78. The van der Waals surface area contributed by atoms with Gasteiger partial charge >= 0.3 is 0 Å². The molecule has 0 aliphatic carbocycles. The number of halogens is 2. The van der Waals surface area contributed by atoms with Crippen LogP contribution in [0.3, 0.4) is 0 Å². The highest BCUT2D eigenvalue weighted by atomic mass is 35.5. The number of benzene rings is 2. The maximum atomic E-state index is 13.6. The fraction of sp³-hybridized carbons (Fsp3) is 0. The van der Waals surface area contributed by atoms with Gasteiger partial charge in [0.2, 0.25) is 0 Å². The van der Waals surface area contributed by atoms with E-state index in [2.05, 4.69) is 10.5 Å². The largest absolute Gasteiger partial charge is 0.274 e. The molecular formula is C15H9ClFN3O. The first-order chi connectivity index (χ1) is 10.1. The first kappa shape index (κ1) is 14.7. The monoisotopic (exact) mass is 301 g/mol. The van der Waals surface area contributed by atoms with Gasteiger partial charge in [0.1, 0.15) is 5.82 Å². The molecule has 0 aromatic heterocycles. The molecule has 0 aliphatic heterocycles. The van der Waals surface area contributed by atoms with Gasteiger partial charge in [-0.1, -0.05) is 29.8 Å². The van der Waals surface area contributed by atoms with Gasteiger partial charge in [-0.2, -0.15) is 10.4 Å². The van der Waals surface area contributed by atoms with Crippen LogP contribution in [-0.4, -0.2) is 12.1 Å². The minimum absolute atomic E-state index is 0.142. The molecule has 0 heterocycles. The number of carbonyl (C=O) groups excluding carboxylic acids is 1. The average molecular weight is 302 g/mol. The highest BCUT2D eigenvalue weighted by Crippen LogP contribution is 2.12. The van der Waals surface area contributed by atoms with Crippen molar-refractivity contribution in [1.29, 1.82) is 5.26 Å². The van der Waals surface area contributed by atoms with Crippen molar-refractivity contribution in [2.24, 2.45) is 5.10 Å². The molecule has 2 rings (SSSR count). The van der Waals surface area contributed by atoms with Gasteiger partial charge in [0.25, 0.3) is 5.91 Å². The number of nitrogens with one attached hydrogen (secondary N) is 1. The molecule has 0 fully saturated rings. The van der Waals surface area contributed by atoms with Crippen LogP contribution in [0.5, 0.6) is 0 Å². The van der Waals surface area contributed by atoms with Gasteiger partial charge in [-0.3, -0.25) is 4.79 Å². The smallest absolute Gasteiger partial charge is 0.267 e. The zero-order valence-electron chi connectivity index (χ0n) is 10.7. The zero-order chi connectivity index (χ0) is 15.2. The van der Waals surface area contributed by atoms with Crippen molar-refractivity contribution in [2.75, 3.05) is 0 Å². The molecule has 4 nitrogen and oxygen atoms in total. The molecule has 1 amide bonds. The van der Waals surface area contributed by atoms with E-state index < -0.39 is 11.7 Å². The molecule has 6 heteroatoms. The maximum absolute atomic E-state index is 13.6. The van der Waals surface area contributed by atoms with Crippen molar-refractivity contribution < 1.29 is 9.18 Å². The quantitative estimate of drug-likeness (QED) is 0.699. The van der Waals surface area contributed by atoms with E-state index >= 15 is 0 Å². The van der Waals surface area contributed by atoms with Crippen LogP contribution in [0.2, 0.25) is 5.02 Å². The Morgan fingerprint density at radius 2 is 2.10 bits per heavy atom. The predicted molar refractivity (Wildman–Crippen MR) is 77.6 cm³/mol. The topological polar surface area (TPSA) is 65.2 Å². The number of nitrogens with zero attached hydrogens (tertiary/aromatic N) is 2. The van der Waals surface area contributed by atoms with Crippen molar-refractivity contribution in [3.05, 3.63) is 70.0 Å². The molecule has 0 saturated carbocycles. The van der Waals surface area contributed by atoms with Gasteiger partial charge in [0.05, 0.1) is 23.4 Å². The Hall–Kier alpha value is -2.71. The van der Waals surface area contributed by atoms with Crippen molar-refractivity contribution >= 4 is 23.7 Å². The van der Waals surface area contributed by atoms with E-state index in [1.165, 1.54) is 18.3 Å². The highest BCUT2D eigenvalue weighted by molar-refractivity contribution is 6.33. The molecule has 1 N–H and O–H groups in total. The Labute approximate surface area is 125 Å². The first-order valence-electron chi connectivity index (χ1n) is 5.89. The van der Waals surface area contributed by atoms with E-state index in [0.29, 0.717) is 10.6 Å². The second kappa shape index (κ2) is 6.64. The van der Waals surface area contributed by atoms with Crippen LogP contribution >= 0.6 is 11.6 Å². The number of hydrogen-bond donors (Lipinski definition) is 1. The number of rotatable bonds is 3. The van der Waals surface area contributed by atoms with Crippen LogP contribution in [-0.2, 0) is 0 Å². The van der Waals surface area contributed by atoms with E-state index in [1.807, 2.05) is 0 Å². The van der Waals surface area contributed by atoms with Gasteiger partial charge in [0, 0.05) is 10.6 Å². The summed E-state index contributed by atoms with van der Waals surface area (Å²) in [6.07, 6.45) is 1.36. The van der Waals surface area contributed by atoms with E-state index in [4.69, 9.17) is 16.9 Å². The maximum Gasteiger partial charge on any atom is 0.274 e. The summed E-state index contributed by atoms with van der Waals surface area (Å²) in [7, 11) is 0. The van der Waals surface area contributed by atoms with E-state index in [-0.39, 0.29) is 11.1 Å². The summed E-state index contributed by atoms with van der Waals surface area (Å²) < 4.78 is 13.6. The van der Waals surface area contributed by atoms with Crippen molar-refractivity contribution in [3.8, 4) is 6.07 Å². The molecule has 21 heavy (non-hydrogen) atoms. The molecular weight excluding hydrogens is 293 g/mol. The van der Waals surface area contributed by atoms with Crippen LogP contribution in [0.15, 0.2) is 47.6 Å². The van der Waals surface area contributed by atoms with Crippen molar-refractivity contribution in [3.63, 3.8) is 0 Å². The zero-order valence-corrected chi connectivity index (χ0v) is 11.4. The minimum atomic E-state index is -0.778. The lowest BCUT2D eigenvalue weighted by atomic mass is 10.1. The van der Waals surface area contributed by atoms with Crippen LogP contribution in [0.25, 0.3) is 0 Å². The van der Waals surface area contributed by atoms with Gasteiger partial charge in [-0.25, -0.2) is 9.82 Å². The van der Waals surface area contributed by atoms with Crippen LogP contribution in [0.1, 0.15) is 21.5 Å². The van der Waals surface area contributed by atoms with Gasteiger partial charge in [-0.05, 0) is 24.3 Å². The molecule has 0 aliphatic rings. The van der Waals surface area contributed by atoms with Gasteiger partial charge in [0.15, 0.2) is 0 Å². The molecule has 0 bridgehead atoms. The lowest BCUT2D eigenvalue weighted by molar-refractivity contribution is 0.0951. The first-order valence-corrected chi connectivity index (χ1v) is 6.27. The third-order valence-electron chi connectivity index (χ3n) is 2.62. The molecule has 2 aromatic rings. The lowest BCUT2D eigenvalue weighted by Crippen LogP contribution is -2.19. The normalized spacial score (nSPS) is 10.3. The number of amides is 1. The number of hydrazone groups is 1. The second-order valence-corrected chi connectivity index (χ2v) is 4.43. The summed E-state index contributed by atoms with van der Waals surface area (Å²) in [6, 6.07) is 12.3. The molecule has 2 aromatic carbocycles. The Morgan fingerprint density at radius 1 is 1.33 bits per heavy atom. The lowest BCUT2D eigenvalue weighted by Gasteiger charge is -2.02. The summed E-state index contributed by atoms with van der Waals surface area (Å²) in [6.45, 7) is 0. The van der Waals surface area contributed by atoms with Crippen molar-refractivity contribution in [1.82, 2.24) is 5.43 Å². The fourth-order valence-corrected chi connectivity index (χ4v) is 1.75. The van der Waals surface area contributed by atoms with Crippen LogP contribution in [0, 0.1) is 17.1 Å². The molecule has 0 radical (unpaired) electrons. The number of hydrogen-bond acceptors (Lipinski definition) is 3. The summed E-state index contributed by atoms with van der Waals surface area (Å²) in [4.78, 5) is 11.8. The standard InChI is InChI=1S/C15H9ClFN3O/c16-13-4-2-1-3-11(13)9-19-20-15(21)12-6-5-10(8-18)7-14(12)17/h1-7,9H,(H,20,21)/b19-9-. The fourth-order valence-electron chi connectivity index (χ4n) is 1.57. The van der Waals surface area contributed by atoms with E-state index in [0.717, 1.165) is 6.07 Å². The van der Waals surface area contributed by atoms with E-state index in [9.17, 15) is 9.18 Å². The SMILES string of the molecule is N#Cc1ccc(C(=O)N/N=C\c2ccccc2Cl)c(F)c1. The van der Waals surface area contributed by atoms with Gasteiger partial charge in [-0.15, -0.1) is 0 Å².